The van der Waals surface area contributed by atoms with Crippen LogP contribution in [0.3, 0.4) is 0 Å². The quantitative estimate of drug-likeness (QED) is 0.642. The van der Waals surface area contributed by atoms with E-state index in [9.17, 15) is 4.79 Å². The van der Waals surface area contributed by atoms with Crippen molar-refractivity contribution in [3.05, 3.63) is 70.8 Å². The van der Waals surface area contributed by atoms with Gasteiger partial charge in [-0.2, -0.15) is 0 Å². The molecule has 0 saturated heterocycles. The van der Waals surface area contributed by atoms with E-state index in [2.05, 4.69) is 32.9 Å². The topological polar surface area (TPSA) is 30.2 Å². The lowest BCUT2D eigenvalue weighted by atomic mass is 9.85. The molecule has 0 fully saturated rings. The van der Waals surface area contributed by atoms with Crippen LogP contribution in [0.15, 0.2) is 63.8 Å². The van der Waals surface area contributed by atoms with Crippen molar-refractivity contribution in [3.63, 3.8) is 0 Å². The summed E-state index contributed by atoms with van der Waals surface area (Å²) in [5.41, 5.74) is 1.57. The van der Waals surface area contributed by atoms with Crippen LogP contribution in [0, 0.1) is 0 Å². The Bertz CT molecular complexity index is 837. The first kappa shape index (κ1) is 13.6. The zero-order valence-corrected chi connectivity index (χ0v) is 12.5. The van der Waals surface area contributed by atoms with Crippen LogP contribution in [-0.4, -0.2) is 0 Å². The largest absolute Gasteiger partial charge is 0.426 e. The molecule has 0 N–H and O–H groups in total. The summed E-state index contributed by atoms with van der Waals surface area (Å²) in [6, 6.07) is 17.7. The van der Waals surface area contributed by atoms with Crippen LogP contribution in [0.25, 0.3) is 21.9 Å². The van der Waals surface area contributed by atoms with Gasteiger partial charge in [0.05, 0.1) is 5.39 Å². The molecule has 2 nitrogen and oxygen atoms in total. The molecule has 0 unspecified atom stereocenters. The van der Waals surface area contributed by atoms with Crippen molar-refractivity contribution < 1.29 is 4.42 Å². The molecule has 2 aromatic carbocycles. The van der Waals surface area contributed by atoms with Crippen LogP contribution in [0.2, 0.25) is 0 Å². The van der Waals surface area contributed by atoms with Gasteiger partial charge in [0, 0.05) is 16.4 Å². The molecule has 1 aromatic heterocycles. The van der Waals surface area contributed by atoms with Crippen LogP contribution in [-0.2, 0) is 5.41 Å². The predicted octanol–water partition coefficient (Wildman–Crippen LogP) is 4.76. The molecule has 0 atom stereocenters. The molecule has 0 aliphatic heterocycles. The maximum Gasteiger partial charge on any atom is 0.343 e. The molecule has 3 rings (SSSR count). The number of rotatable bonds is 1. The highest BCUT2D eigenvalue weighted by molar-refractivity contribution is 5.96. The van der Waals surface area contributed by atoms with Gasteiger partial charge in [0.15, 0.2) is 0 Å². The number of benzene rings is 2. The number of hydrogen-bond acceptors (Lipinski definition) is 2. The second-order valence-corrected chi connectivity index (χ2v) is 6.26. The first-order chi connectivity index (χ1) is 9.98. The Morgan fingerprint density at radius 1 is 0.810 bits per heavy atom. The summed E-state index contributed by atoms with van der Waals surface area (Å²) in [6.45, 7) is 6.19. The third-order valence-electron chi connectivity index (χ3n) is 3.58. The van der Waals surface area contributed by atoms with E-state index >= 15 is 0 Å². The zero-order chi connectivity index (χ0) is 15.0. The van der Waals surface area contributed by atoms with Crippen LogP contribution >= 0.6 is 0 Å². The average molecular weight is 278 g/mol. The van der Waals surface area contributed by atoms with Gasteiger partial charge in [-0.05, 0) is 11.6 Å². The van der Waals surface area contributed by atoms with E-state index in [0.717, 1.165) is 22.3 Å². The Morgan fingerprint density at radius 2 is 1.38 bits per heavy atom. The fourth-order valence-corrected chi connectivity index (χ4v) is 2.62. The Kier molecular flexibility index (Phi) is 3.17. The van der Waals surface area contributed by atoms with Gasteiger partial charge in [-0.15, -0.1) is 0 Å². The minimum Gasteiger partial charge on any atom is -0.426 e. The Labute approximate surface area is 124 Å². The maximum absolute atomic E-state index is 12.3. The summed E-state index contributed by atoms with van der Waals surface area (Å²) in [5, 5.41) is 1.58. The van der Waals surface area contributed by atoms with E-state index < -0.39 is 0 Å². The van der Waals surface area contributed by atoms with Gasteiger partial charge in [-0.3, -0.25) is 0 Å². The summed E-state index contributed by atoms with van der Waals surface area (Å²) >= 11 is 0. The van der Waals surface area contributed by atoms with E-state index in [1.807, 2.05) is 42.5 Å². The van der Waals surface area contributed by atoms with Gasteiger partial charge in [-0.25, -0.2) is 4.79 Å². The Balaban J connectivity index is 2.50. The maximum atomic E-state index is 12.3. The van der Waals surface area contributed by atoms with Gasteiger partial charge >= 0.3 is 5.63 Å². The lowest BCUT2D eigenvalue weighted by molar-refractivity contribution is 0.384. The van der Waals surface area contributed by atoms with Crippen LogP contribution < -0.4 is 5.63 Å². The monoisotopic (exact) mass is 278 g/mol. The summed E-state index contributed by atoms with van der Waals surface area (Å²) in [6.07, 6.45) is 0. The van der Waals surface area contributed by atoms with Gasteiger partial charge in [0.1, 0.15) is 5.76 Å². The van der Waals surface area contributed by atoms with Crippen molar-refractivity contribution in [1.82, 2.24) is 0 Å². The fraction of sp³-hybridized carbons (Fsp3) is 0.211. The summed E-state index contributed by atoms with van der Waals surface area (Å²) in [4.78, 5) is 12.3. The highest BCUT2D eigenvalue weighted by atomic mass is 16.4. The van der Waals surface area contributed by atoms with E-state index in [-0.39, 0.29) is 11.0 Å². The molecule has 3 aromatic rings. The molecule has 0 radical (unpaired) electrons. The van der Waals surface area contributed by atoms with Crippen molar-refractivity contribution >= 4 is 10.8 Å². The van der Waals surface area contributed by atoms with E-state index in [1.165, 1.54) is 0 Å². The third-order valence-corrected chi connectivity index (χ3v) is 3.58. The van der Waals surface area contributed by atoms with Gasteiger partial charge in [0.2, 0.25) is 0 Å². The minimum absolute atomic E-state index is 0.242. The average Bonchev–Trinajstić information content (AvgIpc) is 2.47. The van der Waals surface area contributed by atoms with Gasteiger partial charge in [-0.1, -0.05) is 69.3 Å². The highest BCUT2D eigenvalue weighted by Gasteiger charge is 2.25. The third kappa shape index (κ3) is 2.38. The molecule has 2 heteroatoms. The SMILES string of the molecule is CC(C)(C)c1oc(=O)c2ccccc2c1-c1ccccc1. The molecule has 0 aliphatic carbocycles. The molecule has 21 heavy (non-hydrogen) atoms. The standard InChI is InChI=1S/C19H18O2/c1-19(2,3)17-16(13-9-5-4-6-10-13)14-11-7-8-12-15(14)18(20)21-17/h4-12H,1-3H3. The lowest BCUT2D eigenvalue weighted by Gasteiger charge is -2.22. The van der Waals surface area contributed by atoms with Crippen LogP contribution in [0.5, 0.6) is 0 Å². The van der Waals surface area contributed by atoms with Crippen molar-refractivity contribution in [1.29, 1.82) is 0 Å². The molecular weight excluding hydrogens is 260 g/mol. The van der Waals surface area contributed by atoms with Gasteiger partial charge in [0.25, 0.3) is 0 Å². The van der Waals surface area contributed by atoms with E-state index in [0.29, 0.717) is 5.39 Å². The fourth-order valence-electron chi connectivity index (χ4n) is 2.62. The van der Waals surface area contributed by atoms with Crippen LogP contribution in [0.4, 0.5) is 0 Å². The number of fused-ring (bicyclic) bond motifs is 1. The lowest BCUT2D eigenvalue weighted by Crippen LogP contribution is -2.17. The first-order valence-electron chi connectivity index (χ1n) is 7.10. The second-order valence-electron chi connectivity index (χ2n) is 6.26. The molecule has 1 heterocycles. The van der Waals surface area contributed by atoms with E-state index in [4.69, 9.17) is 4.42 Å². The predicted molar refractivity (Wildman–Crippen MR) is 86.6 cm³/mol. The van der Waals surface area contributed by atoms with Crippen LogP contribution in [0.1, 0.15) is 26.5 Å². The molecule has 0 aliphatic rings. The molecule has 0 bridgehead atoms. The number of hydrogen-bond donors (Lipinski definition) is 0. The summed E-state index contributed by atoms with van der Waals surface area (Å²) in [5.74, 6) is 0.734. The summed E-state index contributed by atoms with van der Waals surface area (Å²) < 4.78 is 5.68. The Morgan fingerprint density at radius 3 is 2.00 bits per heavy atom. The van der Waals surface area contributed by atoms with Crippen molar-refractivity contribution in [2.24, 2.45) is 0 Å². The van der Waals surface area contributed by atoms with Crippen molar-refractivity contribution in [2.75, 3.05) is 0 Å². The Hall–Kier alpha value is -2.35. The van der Waals surface area contributed by atoms with Crippen molar-refractivity contribution in [2.45, 2.75) is 26.2 Å². The molecule has 106 valence electrons. The molecule has 0 amide bonds. The van der Waals surface area contributed by atoms with Gasteiger partial charge < -0.3 is 4.42 Å². The zero-order valence-electron chi connectivity index (χ0n) is 12.5. The molecule has 0 saturated carbocycles. The first-order valence-corrected chi connectivity index (χ1v) is 7.10. The van der Waals surface area contributed by atoms with Crippen molar-refractivity contribution in [3.8, 4) is 11.1 Å². The summed E-state index contributed by atoms with van der Waals surface area (Å²) in [7, 11) is 0. The normalized spacial score (nSPS) is 11.8. The molecule has 0 spiro atoms. The highest BCUT2D eigenvalue weighted by Crippen LogP contribution is 2.36. The second kappa shape index (κ2) is 4.88. The van der Waals surface area contributed by atoms with E-state index in [1.54, 1.807) is 0 Å². The molecular formula is C19H18O2. The smallest absolute Gasteiger partial charge is 0.343 e. The minimum atomic E-state index is -0.268.